The first kappa shape index (κ1) is 10.3. The van der Waals surface area contributed by atoms with E-state index in [1.807, 2.05) is 6.07 Å². The van der Waals surface area contributed by atoms with Crippen molar-refractivity contribution < 1.29 is 0 Å². The predicted molar refractivity (Wildman–Crippen MR) is 70.2 cm³/mol. The highest BCUT2D eigenvalue weighted by Crippen LogP contribution is 2.37. The Morgan fingerprint density at radius 1 is 1.25 bits per heavy atom. The smallest absolute Gasteiger partial charge is 0.0495 e. The van der Waals surface area contributed by atoms with Gasteiger partial charge in [-0.2, -0.15) is 0 Å². The van der Waals surface area contributed by atoms with E-state index in [2.05, 4.69) is 28.9 Å². The summed E-state index contributed by atoms with van der Waals surface area (Å²) in [5, 5.41) is 6.37. The van der Waals surface area contributed by atoms with E-state index < -0.39 is 0 Å². The Morgan fingerprint density at radius 3 is 3.00 bits per heavy atom. The van der Waals surface area contributed by atoms with Crippen molar-refractivity contribution in [3.8, 4) is 10.4 Å². The number of rotatable bonds is 1. The third-order valence-corrected chi connectivity index (χ3v) is 4.20. The molecule has 0 spiro atoms. The number of thiophene rings is 1. The van der Waals surface area contributed by atoms with Gasteiger partial charge >= 0.3 is 0 Å². The van der Waals surface area contributed by atoms with Crippen molar-refractivity contribution in [3.05, 3.63) is 45.8 Å². The molecule has 0 saturated heterocycles. The standard InChI is InChI=1S/C13H12ClNS/c14-11-4-3-9-8-15-6-5-10(9)13(11)12-2-1-7-16-12/h1-4,7,15H,5-6,8H2. The van der Waals surface area contributed by atoms with Gasteiger partial charge in [0.2, 0.25) is 0 Å². The third kappa shape index (κ3) is 1.67. The van der Waals surface area contributed by atoms with E-state index >= 15 is 0 Å². The molecule has 2 aromatic rings. The second kappa shape index (κ2) is 4.21. The van der Waals surface area contributed by atoms with Gasteiger partial charge in [0.25, 0.3) is 0 Å². The van der Waals surface area contributed by atoms with E-state index in [1.165, 1.54) is 21.6 Å². The van der Waals surface area contributed by atoms with Gasteiger partial charge in [0.1, 0.15) is 0 Å². The van der Waals surface area contributed by atoms with Crippen LogP contribution >= 0.6 is 22.9 Å². The first-order chi connectivity index (χ1) is 7.86. The fourth-order valence-corrected chi connectivity index (χ4v) is 3.38. The number of fused-ring (bicyclic) bond motifs is 1. The number of hydrogen-bond acceptors (Lipinski definition) is 2. The van der Waals surface area contributed by atoms with Crippen LogP contribution in [0.3, 0.4) is 0 Å². The maximum absolute atomic E-state index is 6.34. The quantitative estimate of drug-likeness (QED) is 0.813. The van der Waals surface area contributed by atoms with Crippen molar-refractivity contribution in [2.45, 2.75) is 13.0 Å². The first-order valence-electron chi connectivity index (χ1n) is 5.41. The molecule has 16 heavy (non-hydrogen) atoms. The van der Waals surface area contributed by atoms with E-state index in [1.54, 1.807) is 11.3 Å². The van der Waals surface area contributed by atoms with Gasteiger partial charge in [-0.25, -0.2) is 0 Å². The average Bonchev–Trinajstić information content (AvgIpc) is 2.82. The van der Waals surface area contributed by atoms with Crippen molar-refractivity contribution in [2.75, 3.05) is 6.54 Å². The van der Waals surface area contributed by atoms with E-state index in [9.17, 15) is 0 Å². The minimum atomic E-state index is 0.878. The lowest BCUT2D eigenvalue weighted by Crippen LogP contribution is -2.24. The predicted octanol–water partition coefficient (Wildman–Crippen LogP) is 3.71. The molecule has 1 aromatic carbocycles. The maximum Gasteiger partial charge on any atom is 0.0495 e. The molecule has 3 heteroatoms. The Balaban J connectivity index is 2.22. The summed E-state index contributed by atoms with van der Waals surface area (Å²) < 4.78 is 0. The molecule has 1 aliphatic rings. The number of benzene rings is 1. The molecular weight excluding hydrogens is 238 g/mol. The summed E-state index contributed by atoms with van der Waals surface area (Å²) in [5.41, 5.74) is 4.06. The van der Waals surface area contributed by atoms with Crippen molar-refractivity contribution in [1.82, 2.24) is 5.32 Å². The highest BCUT2D eigenvalue weighted by molar-refractivity contribution is 7.13. The molecule has 2 heterocycles. The fourth-order valence-electron chi connectivity index (χ4n) is 2.24. The number of nitrogens with one attached hydrogen (secondary N) is 1. The molecular formula is C13H12ClNS. The summed E-state index contributed by atoms with van der Waals surface area (Å²) in [6.45, 7) is 2.01. The van der Waals surface area contributed by atoms with Gasteiger partial charge in [0.15, 0.2) is 0 Å². The molecule has 0 bridgehead atoms. The summed E-state index contributed by atoms with van der Waals surface area (Å²) in [4.78, 5) is 1.28. The van der Waals surface area contributed by atoms with Crippen LogP contribution in [-0.4, -0.2) is 6.54 Å². The van der Waals surface area contributed by atoms with Gasteiger partial charge in [-0.3, -0.25) is 0 Å². The molecule has 0 unspecified atom stereocenters. The lowest BCUT2D eigenvalue weighted by Gasteiger charge is -2.20. The molecule has 0 fully saturated rings. The highest BCUT2D eigenvalue weighted by atomic mass is 35.5. The highest BCUT2D eigenvalue weighted by Gasteiger charge is 2.17. The topological polar surface area (TPSA) is 12.0 Å². The van der Waals surface area contributed by atoms with Crippen molar-refractivity contribution in [3.63, 3.8) is 0 Å². The molecule has 1 aromatic heterocycles. The second-order valence-corrected chi connectivity index (χ2v) is 5.32. The SMILES string of the molecule is Clc1ccc2c(c1-c1cccs1)CCNC2. The van der Waals surface area contributed by atoms with Gasteiger partial charge in [0, 0.05) is 22.0 Å². The number of halogens is 1. The Hall–Kier alpha value is -0.830. The van der Waals surface area contributed by atoms with Gasteiger partial charge in [-0.1, -0.05) is 23.7 Å². The number of hydrogen-bond donors (Lipinski definition) is 1. The zero-order valence-corrected chi connectivity index (χ0v) is 10.4. The molecule has 3 rings (SSSR count). The van der Waals surface area contributed by atoms with Crippen LogP contribution < -0.4 is 5.32 Å². The molecule has 82 valence electrons. The molecule has 0 saturated carbocycles. The lowest BCUT2D eigenvalue weighted by atomic mass is 9.94. The van der Waals surface area contributed by atoms with Crippen LogP contribution in [0.1, 0.15) is 11.1 Å². The van der Waals surface area contributed by atoms with Gasteiger partial charge in [-0.05, 0) is 41.6 Å². The molecule has 1 aliphatic heterocycles. The van der Waals surface area contributed by atoms with Crippen LogP contribution in [0.5, 0.6) is 0 Å². The summed E-state index contributed by atoms with van der Waals surface area (Å²) >= 11 is 8.10. The van der Waals surface area contributed by atoms with E-state index in [0.29, 0.717) is 0 Å². The summed E-state index contributed by atoms with van der Waals surface area (Å²) in [7, 11) is 0. The molecule has 1 nitrogen and oxygen atoms in total. The minimum Gasteiger partial charge on any atom is -0.312 e. The molecule has 0 aliphatic carbocycles. The monoisotopic (exact) mass is 249 g/mol. The van der Waals surface area contributed by atoms with Gasteiger partial charge in [-0.15, -0.1) is 11.3 Å². The zero-order chi connectivity index (χ0) is 11.0. The zero-order valence-electron chi connectivity index (χ0n) is 8.79. The minimum absolute atomic E-state index is 0.878. The van der Waals surface area contributed by atoms with Gasteiger partial charge in [0.05, 0.1) is 0 Å². The van der Waals surface area contributed by atoms with E-state index in [0.717, 1.165) is 24.5 Å². The van der Waals surface area contributed by atoms with Gasteiger partial charge < -0.3 is 5.32 Å². The van der Waals surface area contributed by atoms with Crippen LogP contribution in [0.4, 0.5) is 0 Å². The second-order valence-electron chi connectivity index (χ2n) is 3.96. The first-order valence-corrected chi connectivity index (χ1v) is 6.67. The molecule has 1 N–H and O–H groups in total. The van der Waals surface area contributed by atoms with Crippen molar-refractivity contribution >= 4 is 22.9 Å². The Kier molecular flexibility index (Phi) is 2.72. The molecule has 0 radical (unpaired) electrons. The summed E-state index contributed by atoms with van der Waals surface area (Å²) in [5.74, 6) is 0. The van der Waals surface area contributed by atoms with Crippen LogP contribution in [0.15, 0.2) is 29.6 Å². The Labute approximate surface area is 104 Å². The summed E-state index contributed by atoms with van der Waals surface area (Å²) in [6.07, 6.45) is 1.07. The van der Waals surface area contributed by atoms with Crippen LogP contribution in [0, 0.1) is 0 Å². The van der Waals surface area contributed by atoms with Crippen molar-refractivity contribution in [2.24, 2.45) is 0 Å². The van der Waals surface area contributed by atoms with Crippen LogP contribution in [0.25, 0.3) is 10.4 Å². The van der Waals surface area contributed by atoms with Crippen LogP contribution in [-0.2, 0) is 13.0 Å². The third-order valence-electron chi connectivity index (χ3n) is 2.99. The Morgan fingerprint density at radius 2 is 2.19 bits per heavy atom. The molecule has 0 amide bonds. The lowest BCUT2D eigenvalue weighted by molar-refractivity contribution is 0.645. The van der Waals surface area contributed by atoms with Crippen molar-refractivity contribution in [1.29, 1.82) is 0 Å². The maximum atomic E-state index is 6.34. The van der Waals surface area contributed by atoms with E-state index in [-0.39, 0.29) is 0 Å². The fraction of sp³-hybridized carbons (Fsp3) is 0.231. The molecule has 0 atom stereocenters. The summed E-state index contributed by atoms with van der Waals surface area (Å²) in [6, 6.07) is 8.38. The average molecular weight is 250 g/mol. The largest absolute Gasteiger partial charge is 0.312 e. The van der Waals surface area contributed by atoms with E-state index in [4.69, 9.17) is 11.6 Å². The van der Waals surface area contributed by atoms with Crippen LogP contribution in [0.2, 0.25) is 5.02 Å². The Bertz CT molecular complexity index is 505. The normalized spacial score (nSPS) is 14.8.